The highest BCUT2D eigenvalue weighted by atomic mass is 16.3. The van der Waals surface area contributed by atoms with Gasteiger partial charge in [-0.25, -0.2) is 0 Å². The minimum absolute atomic E-state index is 0.426. The summed E-state index contributed by atoms with van der Waals surface area (Å²) in [6, 6.07) is 14.2. The molecule has 1 aromatic carbocycles. The first-order chi connectivity index (χ1) is 9.69. The molecule has 1 aromatic heterocycles. The zero-order chi connectivity index (χ0) is 14.4. The van der Waals surface area contributed by atoms with E-state index < -0.39 is 6.10 Å². The van der Waals surface area contributed by atoms with E-state index in [9.17, 15) is 5.11 Å². The number of aliphatic hydroxyl groups is 1. The van der Waals surface area contributed by atoms with Crippen LogP contribution in [0, 0.1) is 0 Å². The summed E-state index contributed by atoms with van der Waals surface area (Å²) in [5.74, 6) is 0. The second kappa shape index (κ2) is 6.91. The highest BCUT2D eigenvalue weighted by Gasteiger charge is 2.15. The van der Waals surface area contributed by atoms with Gasteiger partial charge in [0.05, 0.1) is 11.8 Å². The molecule has 0 bridgehead atoms. The van der Waals surface area contributed by atoms with Gasteiger partial charge in [-0.05, 0) is 31.0 Å². The number of rotatable bonds is 6. The number of aryl methyl sites for hydroxylation is 1. The lowest BCUT2D eigenvalue weighted by molar-refractivity contribution is -0.690. The predicted octanol–water partition coefficient (Wildman–Crippen LogP) is 1.88. The lowest BCUT2D eigenvalue weighted by atomic mass is 10.1. The van der Waals surface area contributed by atoms with Crippen LogP contribution in [-0.2, 0) is 6.42 Å². The maximum absolute atomic E-state index is 9.67. The molecule has 106 valence electrons. The Bertz CT molecular complexity index is 528. The van der Waals surface area contributed by atoms with Crippen molar-refractivity contribution in [1.82, 2.24) is 0 Å². The zero-order valence-corrected chi connectivity index (χ0v) is 12.0. The number of benzene rings is 1. The number of nitrogens with zero attached hydrogens (tertiary/aromatic N) is 2. The van der Waals surface area contributed by atoms with Gasteiger partial charge >= 0.3 is 0 Å². The first-order valence-electron chi connectivity index (χ1n) is 6.97. The van der Waals surface area contributed by atoms with Crippen LogP contribution in [0.25, 0.3) is 0 Å². The molecule has 4 heteroatoms. The van der Waals surface area contributed by atoms with Crippen LogP contribution in [0.3, 0.4) is 0 Å². The maximum atomic E-state index is 9.67. The van der Waals surface area contributed by atoms with Crippen molar-refractivity contribution < 1.29 is 9.78 Å². The number of nitrogens with one attached hydrogen (secondary N) is 1. The van der Waals surface area contributed by atoms with Crippen LogP contribution in [0.2, 0.25) is 0 Å². The Morgan fingerprint density at radius 2 is 1.95 bits per heavy atom. The Kier molecular flexibility index (Phi) is 4.96. The summed E-state index contributed by atoms with van der Waals surface area (Å²) < 4.78 is 1.92. The summed E-state index contributed by atoms with van der Waals surface area (Å²) in [5.41, 5.74) is 5.64. The van der Waals surface area contributed by atoms with E-state index in [0.717, 1.165) is 12.1 Å². The van der Waals surface area contributed by atoms with Gasteiger partial charge in [0.15, 0.2) is 0 Å². The highest BCUT2D eigenvalue weighted by Crippen LogP contribution is 2.11. The van der Waals surface area contributed by atoms with Crippen LogP contribution in [-0.4, -0.2) is 17.8 Å². The standard InChI is InChI=1S/C16H22N3O/c1-3-15-8-7-9-16(12-15)17-19(13-14(2)20)18-10-5-4-6-11-18/h4-12,14,17,20H,3,13H2,1-2H3/q+1. The molecule has 20 heavy (non-hydrogen) atoms. The van der Waals surface area contributed by atoms with Crippen molar-refractivity contribution in [2.24, 2.45) is 0 Å². The number of anilines is 1. The Hall–Kier alpha value is -2.07. The molecule has 0 aliphatic heterocycles. The topological polar surface area (TPSA) is 39.4 Å². The predicted molar refractivity (Wildman–Crippen MR) is 80.8 cm³/mol. The Morgan fingerprint density at radius 1 is 1.20 bits per heavy atom. The number of pyridine rings is 1. The fourth-order valence-corrected chi connectivity index (χ4v) is 2.01. The normalized spacial score (nSPS) is 11.9. The van der Waals surface area contributed by atoms with Gasteiger partial charge in [-0.3, -0.25) is 5.43 Å². The number of hydrogen-bond acceptors (Lipinski definition) is 3. The smallest absolute Gasteiger partial charge is 0.201 e. The van der Waals surface area contributed by atoms with Crippen molar-refractivity contribution in [1.29, 1.82) is 0 Å². The van der Waals surface area contributed by atoms with E-state index in [1.54, 1.807) is 6.92 Å². The van der Waals surface area contributed by atoms with E-state index in [4.69, 9.17) is 0 Å². The SMILES string of the molecule is CCc1cccc(NN(CC(C)O)[n+]2ccccc2)c1. The van der Waals surface area contributed by atoms with Gasteiger partial charge in [0, 0.05) is 12.1 Å². The third kappa shape index (κ3) is 3.96. The van der Waals surface area contributed by atoms with E-state index in [1.165, 1.54) is 5.56 Å². The molecule has 2 rings (SSSR count). The van der Waals surface area contributed by atoms with Gasteiger partial charge in [-0.2, -0.15) is 0 Å². The first-order valence-corrected chi connectivity index (χ1v) is 6.97. The van der Waals surface area contributed by atoms with Crippen LogP contribution in [0.5, 0.6) is 0 Å². The average Bonchev–Trinajstić information content (AvgIpc) is 2.47. The molecule has 0 radical (unpaired) electrons. The van der Waals surface area contributed by atoms with E-state index in [-0.39, 0.29) is 0 Å². The second-order valence-corrected chi connectivity index (χ2v) is 4.85. The number of hydrogen-bond donors (Lipinski definition) is 2. The van der Waals surface area contributed by atoms with Crippen LogP contribution < -0.4 is 15.2 Å². The van der Waals surface area contributed by atoms with Crippen LogP contribution in [0.4, 0.5) is 5.69 Å². The van der Waals surface area contributed by atoms with Crippen molar-refractivity contribution >= 4 is 5.69 Å². The molecule has 2 N–H and O–H groups in total. The molecule has 1 heterocycles. The largest absolute Gasteiger partial charge is 0.391 e. The summed E-state index contributed by atoms with van der Waals surface area (Å²) >= 11 is 0. The van der Waals surface area contributed by atoms with E-state index in [1.807, 2.05) is 52.5 Å². The molecule has 1 atom stereocenters. The quantitative estimate of drug-likeness (QED) is 0.623. The van der Waals surface area contributed by atoms with E-state index >= 15 is 0 Å². The monoisotopic (exact) mass is 272 g/mol. The van der Waals surface area contributed by atoms with Crippen LogP contribution in [0.15, 0.2) is 54.9 Å². The molecule has 0 saturated carbocycles. The molecule has 0 spiro atoms. The molecule has 2 aromatic rings. The first kappa shape index (κ1) is 14.3. The number of hydrazine groups is 1. The fourth-order valence-electron chi connectivity index (χ4n) is 2.01. The third-order valence-electron chi connectivity index (χ3n) is 3.01. The maximum Gasteiger partial charge on any atom is 0.201 e. The van der Waals surface area contributed by atoms with Crippen molar-refractivity contribution in [3.05, 3.63) is 60.4 Å². The number of aliphatic hydroxyl groups excluding tert-OH is 1. The zero-order valence-electron chi connectivity index (χ0n) is 12.0. The van der Waals surface area contributed by atoms with Crippen molar-refractivity contribution in [3.63, 3.8) is 0 Å². The Labute approximate surface area is 120 Å². The molecule has 0 fully saturated rings. The molecule has 0 saturated heterocycles. The average molecular weight is 272 g/mol. The minimum Gasteiger partial charge on any atom is -0.391 e. The number of aromatic nitrogens is 1. The molecular formula is C16H22N3O+. The van der Waals surface area contributed by atoms with Crippen molar-refractivity contribution in [3.8, 4) is 0 Å². The summed E-state index contributed by atoms with van der Waals surface area (Å²) in [6.45, 7) is 4.41. The summed E-state index contributed by atoms with van der Waals surface area (Å²) in [4.78, 5) is 0. The summed E-state index contributed by atoms with van der Waals surface area (Å²) in [6.07, 6.45) is 4.47. The molecular weight excluding hydrogens is 250 g/mol. The van der Waals surface area contributed by atoms with Gasteiger partial charge < -0.3 is 5.11 Å². The van der Waals surface area contributed by atoms with Crippen LogP contribution >= 0.6 is 0 Å². The van der Waals surface area contributed by atoms with E-state index in [2.05, 4.69) is 24.5 Å². The molecule has 1 unspecified atom stereocenters. The van der Waals surface area contributed by atoms with Crippen LogP contribution in [0.1, 0.15) is 19.4 Å². The molecule has 0 aliphatic rings. The summed E-state index contributed by atoms with van der Waals surface area (Å²) in [5, 5.41) is 11.6. The summed E-state index contributed by atoms with van der Waals surface area (Å²) in [7, 11) is 0. The Balaban J connectivity index is 2.19. The lowest BCUT2D eigenvalue weighted by Gasteiger charge is -2.20. The van der Waals surface area contributed by atoms with Gasteiger partial charge in [0.25, 0.3) is 0 Å². The highest BCUT2D eigenvalue weighted by molar-refractivity contribution is 5.46. The molecule has 0 aliphatic carbocycles. The second-order valence-electron chi connectivity index (χ2n) is 4.85. The van der Waals surface area contributed by atoms with Crippen molar-refractivity contribution in [2.45, 2.75) is 26.4 Å². The van der Waals surface area contributed by atoms with E-state index in [0.29, 0.717) is 6.54 Å². The van der Waals surface area contributed by atoms with Gasteiger partial charge in [0.2, 0.25) is 12.4 Å². The van der Waals surface area contributed by atoms with Gasteiger partial charge in [-0.1, -0.05) is 34.9 Å². The van der Waals surface area contributed by atoms with Crippen molar-refractivity contribution in [2.75, 3.05) is 17.1 Å². The van der Waals surface area contributed by atoms with Gasteiger partial charge in [-0.15, -0.1) is 0 Å². The van der Waals surface area contributed by atoms with Gasteiger partial charge in [0.1, 0.15) is 6.54 Å². The molecule has 0 amide bonds. The third-order valence-corrected chi connectivity index (χ3v) is 3.01. The minimum atomic E-state index is -0.426. The Morgan fingerprint density at radius 3 is 2.60 bits per heavy atom. The lowest BCUT2D eigenvalue weighted by Crippen LogP contribution is -2.62. The molecule has 4 nitrogen and oxygen atoms in total. The fraction of sp³-hybridized carbons (Fsp3) is 0.312.